The summed E-state index contributed by atoms with van der Waals surface area (Å²) in [7, 11) is 0. The standard InChI is InChI=1S/C15H24N2O2/c16-10-11-4-3-5-12(11)17-13(18)8-15(9-14(17)19)6-1-2-7-15/h11-12H,1-10,16H2. The number of amides is 2. The highest BCUT2D eigenvalue weighted by atomic mass is 16.2. The van der Waals surface area contributed by atoms with Crippen LogP contribution in [-0.4, -0.2) is 29.3 Å². The van der Waals surface area contributed by atoms with Gasteiger partial charge in [-0.1, -0.05) is 19.3 Å². The Morgan fingerprint density at radius 1 is 1.05 bits per heavy atom. The molecule has 2 unspecified atom stereocenters. The number of nitrogens with two attached hydrogens (primary N) is 1. The first-order valence-corrected chi connectivity index (χ1v) is 7.70. The van der Waals surface area contributed by atoms with Gasteiger partial charge < -0.3 is 5.73 Å². The number of imide groups is 1. The zero-order valence-electron chi connectivity index (χ0n) is 11.6. The molecule has 0 aromatic carbocycles. The van der Waals surface area contributed by atoms with E-state index in [1.165, 1.54) is 12.8 Å². The number of piperidine rings is 1. The van der Waals surface area contributed by atoms with E-state index in [9.17, 15) is 9.59 Å². The van der Waals surface area contributed by atoms with Gasteiger partial charge in [-0.05, 0) is 43.6 Å². The zero-order valence-corrected chi connectivity index (χ0v) is 11.6. The normalized spacial score (nSPS) is 34.5. The molecule has 19 heavy (non-hydrogen) atoms. The van der Waals surface area contributed by atoms with Gasteiger partial charge in [-0.15, -0.1) is 0 Å². The molecule has 106 valence electrons. The van der Waals surface area contributed by atoms with Gasteiger partial charge in [-0.25, -0.2) is 0 Å². The van der Waals surface area contributed by atoms with Crippen LogP contribution in [0.25, 0.3) is 0 Å². The van der Waals surface area contributed by atoms with Crippen molar-refractivity contribution in [1.82, 2.24) is 4.90 Å². The van der Waals surface area contributed by atoms with Gasteiger partial charge in [-0.3, -0.25) is 14.5 Å². The minimum Gasteiger partial charge on any atom is -0.330 e. The summed E-state index contributed by atoms with van der Waals surface area (Å²) < 4.78 is 0. The summed E-state index contributed by atoms with van der Waals surface area (Å²) in [6, 6.07) is 0.0868. The third kappa shape index (κ3) is 2.20. The first-order valence-electron chi connectivity index (χ1n) is 7.70. The molecule has 2 amide bonds. The first kappa shape index (κ1) is 13.1. The predicted octanol–water partition coefficient (Wildman–Crippen LogP) is 1.82. The highest BCUT2D eigenvalue weighted by Gasteiger charge is 2.48. The summed E-state index contributed by atoms with van der Waals surface area (Å²) in [5, 5.41) is 0. The Balaban J connectivity index is 1.77. The molecule has 2 atom stereocenters. The lowest BCUT2D eigenvalue weighted by molar-refractivity contribution is -0.157. The van der Waals surface area contributed by atoms with Crippen molar-refractivity contribution in [2.24, 2.45) is 17.1 Å². The van der Waals surface area contributed by atoms with Crippen LogP contribution in [0, 0.1) is 11.3 Å². The van der Waals surface area contributed by atoms with Gasteiger partial charge in [0.15, 0.2) is 0 Å². The Labute approximate surface area is 114 Å². The third-order valence-corrected chi connectivity index (χ3v) is 5.51. The molecule has 2 aliphatic carbocycles. The number of hydrogen-bond donors (Lipinski definition) is 1. The van der Waals surface area contributed by atoms with Crippen molar-refractivity contribution in [3.05, 3.63) is 0 Å². The average Bonchev–Trinajstić information content (AvgIpc) is 2.98. The van der Waals surface area contributed by atoms with Crippen molar-refractivity contribution in [3.8, 4) is 0 Å². The Hall–Kier alpha value is -0.900. The summed E-state index contributed by atoms with van der Waals surface area (Å²) in [5.74, 6) is 0.470. The molecular weight excluding hydrogens is 240 g/mol. The molecule has 2 N–H and O–H groups in total. The van der Waals surface area contributed by atoms with Crippen LogP contribution < -0.4 is 5.73 Å². The smallest absolute Gasteiger partial charge is 0.230 e. The van der Waals surface area contributed by atoms with Crippen molar-refractivity contribution in [2.45, 2.75) is 63.8 Å². The minimum atomic E-state index is 0.0154. The monoisotopic (exact) mass is 264 g/mol. The van der Waals surface area contributed by atoms with Crippen LogP contribution >= 0.6 is 0 Å². The fourth-order valence-electron chi connectivity index (χ4n) is 4.49. The van der Waals surface area contributed by atoms with Crippen molar-refractivity contribution in [1.29, 1.82) is 0 Å². The predicted molar refractivity (Wildman–Crippen MR) is 72.2 cm³/mol. The molecule has 3 aliphatic rings. The average molecular weight is 264 g/mol. The lowest BCUT2D eigenvalue weighted by atomic mass is 9.75. The number of hydrogen-bond acceptors (Lipinski definition) is 3. The van der Waals surface area contributed by atoms with E-state index in [1.807, 2.05) is 0 Å². The molecule has 2 saturated carbocycles. The summed E-state index contributed by atoms with van der Waals surface area (Å²) in [6.07, 6.45) is 8.75. The van der Waals surface area contributed by atoms with Crippen LogP contribution in [0.5, 0.6) is 0 Å². The maximum Gasteiger partial charge on any atom is 0.230 e. The highest BCUT2D eigenvalue weighted by molar-refractivity contribution is 5.99. The van der Waals surface area contributed by atoms with Gasteiger partial charge in [0.25, 0.3) is 0 Å². The Morgan fingerprint density at radius 3 is 2.26 bits per heavy atom. The molecule has 0 bridgehead atoms. The highest BCUT2D eigenvalue weighted by Crippen LogP contribution is 2.48. The molecule has 1 saturated heterocycles. The number of likely N-dealkylation sites (tertiary alicyclic amines) is 1. The molecule has 4 nitrogen and oxygen atoms in total. The van der Waals surface area contributed by atoms with Gasteiger partial charge >= 0.3 is 0 Å². The Morgan fingerprint density at radius 2 is 1.68 bits per heavy atom. The number of rotatable bonds is 2. The molecule has 0 radical (unpaired) electrons. The fraction of sp³-hybridized carbons (Fsp3) is 0.867. The van der Waals surface area contributed by atoms with Gasteiger partial charge in [0.2, 0.25) is 11.8 Å². The molecule has 1 spiro atoms. The molecule has 0 aromatic rings. The Kier molecular flexibility index (Phi) is 3.37. The van der Waals surface area contributed by atoms with Crippen LogP contribution in [0.3, 0.4) is 0 Å². The van der Waals surface area contributed by atoms with Crippen molar-refractivity contribution in [3.63, 3.8) is 0 Å². The van der Waals surface area contributed by atoms with Crippen molar-refractivity contribution >= 4 is 11.8 Å². The first-order chi connectivity index (χ1) is 9.15. The zero-order chi connectivity index (χ0) is 13.5. The third-order valence-electron chi connectivity index (χ3n) is 5.51. The van der Waals surface area contributed by atoms with Crippen LogP contribution in [0.1, 0.15) is 57.8 Å². The number of carbonyl (C=O) groups is 2. The quantitative estimate of drug-likeness (QED) is 0.774. The van der Waals surface area contributed by atoms with E-state index < -0.39 is 0 Å². The lowest BCUT2D eigenvalue weighted by Crippen LogP contribution is -2.53. The van der Waals surface area contributed by atoms with Gasteiger partial charge in [0.1, 0.15) is 0 Å². The topological polar surface area (TPSA) is 63.4 Å². The second kappa shape index (κ2) is 4.89. The van der Waals surface area contributed by atoms with Crippen molar-refractivity contribution in [2.75, 3.05) is 6.54 Å². The number of carbonyl (C=O) groups excluding carboxylic acids is 2. The van der Waals surface area contributed by atoms with E-state index in [1.54, 1.807) is 4.90 Å². The van der Waals surface area contributed by atoms with Gasteiger partial charge in [0.05, 0.1) is 0 Å². The molecule has 0 aromatic heterocycles. The Bertz CT molecular complexity index is 368. The molecule has 1 heterocycles. The molecular formula is C15H24N2O2. The fourth-order valence-corrected chi connectivity index (χ4v) is 4.49. The van der Waals surface area contributed by atoms with E-state index >= 15 is 0 Å². The summed E-state index contributed by atoms with van der Waals surface area (Å²) in [4.78, 5) is 26.5. The number of nitrogens with zero attached hydrogens (tertiary/aromatic N) is 1. The minimum absolute atomic E-state index is 0.0154. The largest absolute Gasteiger partial charge is 0.330 e. The molecule has 3 fully saturated rings. The van der Waals surface area contributed by atoms with Gasteiger partial charge in [0, 0.05) is 18.9 Å². The molecule has 1 aliphatic heterocycles. The van der Waals surface area contributed by atoms with E-state index in [2.05, 4.69) is 0 Å². The second-order valence-electron chi connectivity index (χ2n) is 6.71. The van der Waals surface area contributed by atoms with Crippen LogP contribution in [0.2, 0.25) is 0 Å². The van der Waals surface area contributed by atoms with Crippen LogP contribution in [0.15, 0.2) is 0 Å². The van der Waals surface area contributed by atoms with Crippen LogP contribution in [-0.2, 0) is 9.59 Å². The van der Waals surface area contributed by atoms with Crippen molar-refractivity contribution < 1.29 is 9.59 Å². The maximum absolute atomic E-state index is 12.5. The van der Waals surface area contributed by atoms with E-state index in [4.69, 9.17) is 5.73 Å². The molecule has 4 heteroatoms. The van der Waals surface area contributed by atoms with E-state index in [0.717, 1.165) is 32.1 Å². The summed E-state index contributed by atoms with van der Waals surface area (Å²) in [6.45, 7) is 0.590. The maximum atomic E-state index is 12.5. The lowest BCUT2D eigenvalue weighted by Gasteiger charge is -2.41. The SMILES string of the molecule is NCC1CCCC1N1C(=O)CC2(CCCC2)CC1=O. The summed E-state index contributed by atoms with van der Waals surface area (Å²) in [5.41, 5.74) is 5.80. The molecule has 3 rings (SSSR count). The van der Waals surface area contributed by atoms with Crippen LogP contribution in [0.4, 0.5) is 0 Å². The van der Waals surface area contributed by atoms with E-state index in [0.29, 0.717) is 25.3 Å². The van der Waals surface area contributed by atoms with E-state index in [-0.39, 0.29) is 23.3 Å². The summed E-state index contributed by atoms with van der Waals surface area (Å²) >= 11 is 0. The van der Waals surface area contributed by atoms with Gasteiger partial charge in [-0.2, -0.15) is 0 Å². The second-order valence-corrected chi connectivity index (χ2v) is 6.71.